The molecule has 0 unspecified atom stereocenters. The van der Waals surface area contributed by atoms with Crippen LogP contribution < -0.4 is 5.32 Å². The molecule has 0 radical (unpaired) electrons. The van der Waals surface area contributed by atoms with E-state index >= 15 is 0 Å². The Labute approximate surface area is 204 Å². The van der Waals surface area contributed by atoms with E-state index in [-0.39, 0.29) is 23.4 Å². The van der Waals surface area contributed by atoms with Crippen molar-refractivity contribution < 1.29 is 13.2 Å². The van der Waals surface area contributed by atoms with E-state index in [2.05, 4.69) is 16.4 Å². The van der Waals surface area contributed by atoms with Gasteiger partial charge in [-0.2, -0.15) is 4.31 Å². The number of nitrogens with zero attached hydrogens (tertiary/aromatic N) is 2. The Kier molecular flexibility index (Phi) is 6.84. The number of anilines is 1. The molecular formula is C26H27N3O3S2. The fourth-order valence-electron chi connectivity index (χ4n) is 3.82. The Morgan fingerprint density at radius 3 is 2.35 bits per heavy atom. The molecule has 0 atom stereocenters. The number of nitrogens with one attached hydrogen (secondary N) is 1. The predicted molar refractivity (Wildman–Crippen MR) is 138 cm³/mol. The number of benzene rings is 3. The summed E-state index contributed by atoms with van der Waals surface area (Å²) in [5.41, 5.74) is 4.37. The van der Waals surface area contributed by atoms with Crippen molar-refractivity contribution in [1.82, 2.24) is 9.29 Å². The van der Waals surface area contributed by atoms with Crippen LogP contribution in [0.2, 0.25) is 0 Å². The zero-order valence-corrected chi connectivity index (χ0v) is 21.2. The molecule has 8 heteroatoms. The van der Waals surface area contributed by atoms with Gasteiger partial charge in [0.05, 0.1) is 15.1 Å². The van der Waals surface area contributed by atoms with E-state index in [1.807, 2.05) is 64.1 Å². The van der Waals surface area contributed by atoms with E-state index in [9.17, 15) is 13.2 Å². The SMILES string of the molecule is Cc1cc(C)c2sc(NC(=O)c3ccc(S(=O)(=O)N(Cc4ccccc4)C(C)C)cc3)nc2c1. The molecule has 0 saturated carbocycles. The zero-order chi connectivity index (χ0) is 24.5. The molecule has 176 valence electrons. The largest absolute Gasteiger partial charge is 0.298 e. The van der Waals surface area contributed by atoms with Crippen molar-refractivity contribution in [3.63, 3.8) is 0 Å². The number of amides is 1. The molecule has 0 spiro atoms. The normalized spacial score (nSPS) is 11.9. The van der Waals surface area contributed by atoms with Gasteiger partial charge >= 0.3 is 0 Å². The van der Waals surface area contributed by atoms with Crippen molar-refractivity contribution in [3.8, 4) is 0 Å². The lowest BCUT2D eigenvalue weighted by molar-refractivity contribution is 0.102. The van der Waals surface area contributed by atoms with Crippen LogP contribution in [0.1, 0.15) is 40.9 Å². The first-order valence-electron chi connectivity index (χ1n) is 11.0. The molecule has 1 aromatic heterocycles. The van der Waals surface area contributed by atoms with Crippen molar-refractivity contribution in [2.45, 2.75) is 45.2 Å². The van der Waals surface area contributed by atoms with Crippen molar-refractivity contribution >= 4 is 42.6 Å². The highest BCUT2D eigenvalue weighted by Crippen LogP contribution is 2.30. The first-order valence-corrected chi connectivity index (χ1v) is 13.3. The molecule has 0 aliphatic carbocycles. The number of hydrogen-bond acceptors (Lipinski definition) is 5. The number of aryl methyl sites for hydroxylation is 2. The van der Waals surface area contributed by atoms with Crippen LogP contribution in [-0.4, -0.2) is 29.7 Å². The Morgan fingerprint density at radius 2 is 1.71 bits per heavy atom. The predicted octanol–water partition coefficient (Wildman–Crippen LogP) is 5.76. The molecule has 0 fully saturated rings. The van der Waals surface area contributed by atoms with Crippen LogP contribution in [0.15, 0.2) is 71.6 Å². The van der Waals surface area contributed by atoms with Gasteiger partial charge in [0, 0.05) is 18.2 Å². The Balaban J connectivity index is 1.53. The summed E-state index contributed by atoms with van der Waals surface area (Å²) in [6.45, 7) is 8.02. The van der Waals surface area contributed by atoms with E-state index in [0.29, 0.717) is 10.7 Å². The molecule has 6 nitrogen and oxygen atoms in total. The number of aromatic nitrogens is 1. The van der Waals surface area contributed by atoms with Crippen molar-refractivity contribution in [3.05, 3.63) is 89.0 Å². The minimum atomic E-state index is -3.73. The van der Waals surface area contributed by atoms with Crippen molar-refractivity contribution in [2.75, 3.05) is 5.32 Å². The molecule has 0 bridgehead atoms. The highest BCUT2D eigenvalue weighted by atomic mass is 32.2. The second-order valence-corrected chi connectivity index (χ2v) is 11.4. The number of rotatable bonds is 7. The number of thiazole rings is 1. The van der Waals surface area contributed by atoms with E-state index in [1.165, 1.54) is 39.9 Å². The summed E-state index contributed by atoms with van der Waals surface area (Å²) in [6, 6.07) is 19.4. The van der Waals surface area contributed by atoms with Crippen LogP contribution >= 0.6 is 11.3 Å². The third-order valence-electron chi connectivity index (χ3n) is 5.52. The highest BCUT2D eigenvalue weighted by Gasteiger charge is 2.27. The number of fused-ring (bicyclic) bond motifs is 1. The maximum absolute atomic E-state index is 13.3. The van der Waals surface area contributed by atoms with Crippen LogP contribution in [0.5, 0.6) is 0 Å². The van der Waals surface area contributed by atoms with Gasteiger partial charge in [-0.25, -0.2) is 13.4 Å². The maximum atomic E-state index is 13.3. The summed E-state index contributed by atoms with van der Waals surface area (Å²) in [5.74, 6) is -0.331. The topological polar surface area (TPSA) is 79.4 Å². The summed E-state index contributed by atoms with van der Waals surface area (Å²) in [4.78, 5) is 17.5. The lowest BCUT2D eigenvalue weighted by Gasteiger charge is -2.26. The van der Waals surface area contributed by atoms with Crippen LogP contribution in [0.3, 0.4) is 0 Å². The van der Waals surface area contributed by atoms with Gasteiger partial charge in [-0.05, 0) is 74.7 Å². The number of sulfonamides is 1. The zero-order valence-electron chi connectivity index (χ0n) is 19.6. The van der Waals surface area contributed by atoms with Gasteiger partial charge in [-0.15, -0.1) is 0 Å². The average Bonchev–Trinajstić information content (AvgIpc) is 3.20. The number of carbonyl (C=O) groups excluding carboxylic acids is 1. The molecule has 0 saturated heterocycles. The molecule has 34 heavy (non-hydrogen) atoms. The fourth-order valence-corrected chi connectivity index (χ4v) is 6.36. The third kappa shape index (κ3) is 5.04. The van der Waals surface area contributed by atoms with Gasteiger partial charge in [0.15, 0.2) is 5.13 Å². The summed E-state index contributed by atoms with van der Waals surface area (Å²) < 4.78 is 29.2. The third-order valence-corrected chi connectivity index (χ3v) is 8.68. The van der Waals surface area contributed by atoms with Crippen LogP contribution in [0.25, 0.3) is 10.2 Å². The molecule has 1 N–H and O–H groups in total. The standard InChI is InChI=1S/C26H27N3O3S2/c1-17(2)29(16-20-8-6-5-7-9-20)34(31,32)22-12-10-21(11-13-22)25(30)28-26-27-23-15-18(3)14-19(4)24(23)33-26/h5-15,17H,16H2,1-4H3,(H,27,28,30). The fraction of sp³-hybridized carbons (Fsp3) is 0.231. The summed E-state index contributed by atoms with van der Waals surface area (Å²) in [5, 5.41) is 3.35. The molecule has 0 aliphatic heterocycles. The quantitative estimate of drug-likeness (QED) is 0.355. The number of carbonyl (C=O) groups is 1. The highest BCUT2D eigenvalue weighted by molar-refractivity contribution is 7.89. The van der Waals surface area contributed by atoms with E-state index in [4.69, 9.17) is 0 Å². The van der Waals surface area contributed by atoms with Gasteiger partial charge in [-0.3, -0.25) is 10.1 Å². The van der Waals surface area contributed by atoms with Crippen molar-refractivity contribution in [1.29, 1.82) is 0 Å². The second-order valence-electron chi connectivity index (χ2n) is 8.56. The lowest BCUT2D eigenvalue weighted by atomic mass is 10.1. The summed E-state index contributed by atoms with van der Waals surface area (Å²) in [6.07, 6.45) is 0. The molecule has 3 aromatic carbocycles. The van der Waals surface area contributed by atoms with E-state index in [0.717, 1.165) is 26.9 Å². The summed E-state index contributed by atoms with van der Waals surface area (Å²) in [7, 11) is -3.73. The van der Waals surface area contributed by atoms with E-state index < -0.39 is 10.0 Å². The lowest BCUT2D eigenvalue weighted by Crippen LogP contribution is -2.36. The minimum absolute atomic E-state index is 0.153. The molecule has 1 heterocycles. The van der Waals surface area contributed by atoms with Crippen LogP contribution in [0.4, 0.5) is 5.13 Å². The van der Waals surface area contributed by atoms with Gasteiger partial charge in [0.1, 0.15) is 0 Å². The van der Waals surface area contributed by atoms with Crippen LogP contribution in [-0.2, 0) is 16.6 Å². The monoisotopic (exact) mass is 493 g/mol. The van der Waals surface area contributed by atoms with Crippen LogP contribution in [0, 0.1) is 13.8 Å². The Bertz CT molecular complexity index is 1430. The molecule has 0 aliphatic rings. The van der Waals surface area contributed by atoms with Gasteiger partial charge < -0.3 is 0 Å². The van der Waals surface area contributed by atoms with Gasteiger partial charge in [0.2, 0.25) is 10.0 Å². The van der Waals surface area contributed by atoms with Gasteiger partial charge in [0.25, 0.3) is 5.91 Å². The first-order chi connectivity index (χ1) is 16.1. The first kappa shape index (κ1) is 24.1. The molecule has 4 aromatic rings. The number of hydrogen-bond donors (Lipinski definition) is 1. The maximum Gasteiger partial charge on any atom is 0.257 e. The minimum Gasteiger partial charge on any atom is -0.298 e. The van der Waals surface area contributed by atoms with Gasteiger partial charge in [-0.1, -0.05) is 47.7 Å². The second kappa shape index (κ2) is 9.66. The molecule has 4 rings (SSSR count). The van der Waals surface area contributed by atoms with E-state index in [1.54, 1.807) is 0 Å². The summed E-state index contributed by atoms with van der Waals surface area (Å²) >= 11 is 1.43. The molecular weight excluding hydrogens is 466 g/mol. The Morgan fingerprint density at radius 1 is 1.03 bits per heavy atom. The average molecular weight is 494 g/mol. The Hall–Kier alpha value is -3.07. The molecule has 1 amide bonds. The smallest absolute Gasteiger partial charge is 0.257 e. The van der Waals surface area contributed by atoms with Crippen molar-refractivity contribution in [2.24, 2.45) is 0 Å².